The van der Waals surface area contributed by atoms with Crippen molar-refractivity contribution in [3.8, 4) is 5.75 Å². The number of rotatable bonds is 7. The molecule has 0 amide bonds. The van der Waals surface area contributed by atoms with Crippen LogP contribution in [0.15, 0.2) is 48.5 Å². The summed E-state index contributed by atoms with van der Waals surface area (Å²) in [7, 11) is -7.33. The van der Waals surface area contributed by atoms with E-state index in [4.69, 9.17) is 25.3 Å². The van der Waals surface area contributed by atoms with Crippen LogP contribution >= 0.6 is 0 Å². The van der Waals surface area contributed by atoms with Crippen LogP contribution in [0.2, 0.25) is 0 Å². The van der Waals surface area contributed by atoms with Gasteiger partial charge in [0.05, 0.1) is 19.1 Å². The molecule has 2 aromatic rings. The second-order valence-corrected chi connectivity index (χ2v) is 9.37. The molecule has 0 fully saturated rings. The van der Waals surface area contributed by atoms with E-state index < -0.39 is 20.2 Å². The fraction of sp³-hybridized carbons (Fsp3) is 0.368. The maximum absolute atomic E-state index is 9.19. The molecule has 0 radical (unpaired) electrons. The highest BCUT2D eigenvalue weighted by Gasteiger charge is 1.96. The topological polar surface area (TPSA) is 170 Å². The third-order valence-corrected chi connectivity index (χ3v) is 3.24. The maximum Gasteiger partial charge on any atom is 0.261 e. The van der Waals surface area contributed by atoms with E-state index in [0.717, 1.165) is 36.6 Å². The van der Waals surface area contributed by atoms with E-state index in [2.05, 4.69) is 12.1 Å². The van der Waals surface area contributed by atoms with Gasteiger partial charge in [-0.25, -0.2) is 0 Å². The Morgan fingerprint density at radius 3 is 1.57 bits per heavy atom. The van der Waals surface area contributed by atoms with Gasteiger partial charge in [0.1, 0.15) is 5.75 Å². The highest BCUT2D eigenvalue weighted by Crippen LogP contribution is 2.14. The lowest BCUT2D eigenvalue weighted by atomic mass is 10.1. The Bertz CT molecular complexity index is 832. The van der Waals surface area contributed by atoms with Crippen LogP contribution in [-0.2, 0) is 26.7 Å². The average Bonchev–Trinajstić information content (AvgIpc) is 2.58. The summed E-state index contributed by atoms with van der Waals surface area (Å²) in [6, 6.07) is 15.6. The van der Waals surface area contributed by atoms with Crippen molar-refractivity contribution in [1.82, 2.24) is 0 Å². The minimum absolute atomic E-state index is 0.715. The predicted molar refractivity (Wildman–Crippen MR) is 120 cm³/mol. The highest BCUT2D eigenvalue weighted by molar-refractivity contribution is 7.85. The number of hydrogen-bond acceptors (Lipinski definition) is 7. The zero-order chi connectivity index (χ0) is 23.2. The molecular formula is C19H30N2O7S2. The van der Waals surface area contributed by atoms with Crippen molar-refractivity contribution in [2.75, 3.05) is 30.6 Å². The molecule has 6 N–H and O–H groups in total. The number of aryl methyl sites for hydroxylation is 1. The molecule has 2 aromatic carbocycles. The lowest BCUT2D eigenvalue weighted by molar-refractivity contribution is 0.305. The molecule has 30 heavy (non-hydrogen) atoms. The van der Waals surface area contributed by atoms with Crippen molar-refractivity contribution in [1.29, 1.82) is 0 Å². The standard InChI is InChI=1S/C17H22N2O.2CH4O3S/c18-15-7-5-14(6-8-15)4-2-1-3-13-20-17-11-9-16(19)10-12-17;2*1-5(2,3)4/h5-12H,1-4,13,18-19H2;2*1H3,(H,2,3,4). The van der Waals surface area contributed by atoms with Gasteiger partial charge in [0.2, 0.25) is 0 Å². The molecule has 0 aliphatic rings. The number of hydrogen-bond donors (Lipinski definition) is 4. The molecule has 0 unspecified atom stereocenters. The first-order valence-corrected chi connectivity index (χ1v) is 12.6. The molecule has 0 bridgehead atoms. The molecule has 0 saturated heterocycles. The van der Waals surface area contributed by atoms with Crippen LogP contribution in [0.3, 0.4) is 0 Å². The van der Waals surface area contributed by atoms with Gasteiger partial charge in [0, 0.05) is 11.4 Å². The number of unbranched alkanes of at least 4 members (excludes halogenated alkanes) is 2. The summed E-state index contributed by atoms with van der Waals surface area (Å²) in [6.45, 7) is 0.756. The van der Waals surface area contributed by atoms with Crippen molar-refractivity contribution in [2.45, 2.75) is 25.7 Å². The van der Waals surface area contributed by atoms with E-state index in [0.29, 0.717) is 12.5 Å². The number of nitrogens with two attached hydrogens (primary N) is 2. The van der Waals surface area contributed by atoms with Crippen LogP contribution < -0.4 is 16.2 Å². The van der Waals surface area contributed by atoms with E-state index >= 15 is 0 Å². The van der Waals surface area contributed by atoms with Crippen molar-refractivity contribution >= 4 is 31.6 Å². The monoisotopic (exact) mass is 462 g/mol. The van der Waals surface area contributed by atoms with Crippen molar-refractivity contribution in [2.24, 2.45) is 0 Å². The molecule has 0 spiro atoms. The first-order chi connectivity index (χ1) is 13.7. The van der Waals surface area contributed by atoms with Gasteiger partial charge >= 0.3 is 0 Å². The third kappa shape index (κ3) is 22.0. The van der Waals surface area contributed by atoms with Crippen LogP contribution in [0, 0.1) is 0 Å². The molecular weight excluding hydrogens is 432 g/mol. The van der Waals surface area contributed by atoms with Gasteiger partial charge in [-0.3, -0.25) is 9.11 Å². The molecule has 0 saturated carbocycles. The average molecular weight is 463 g/mol. The van der Waals surface area contributed by atoms with E-state index in [1.165, 1.54) is 18.4 Å². The van der Waals surface area contributed by atoms with E-state index in [9.17, 15) is 16.8 Å². The number of ether oxygens (including phenoxy) is 1. The molecule has 11 heteroatoms. The molecule has 0 atom stereocenters. The van der Waals surface area contributed by atoms with Crippen LogP contribution in [0.4, 0.5) is 11.4 Å². The molecule has 0 aliphatic heterocycles. The van der Waals surface area contributed by atoms with E-state index in [1.807, 2.05) is 36.4 Å². The lowest BCUT2D eigenvalue weighted by Crippen LogP contribution is -1.98. The Kier molecular flexibility index (Phi) is 12.7. The molecule has 2 rings (SSSR count). The summed E-state index contributed by atoms with van der Waals surface area (Å²) in [5.74, 6) is 0.887. The van der Waals surface area contributed by atoms with Gasteiger partial charge in [-0.15, -0.1) is 0 Å². The molecule has 170 valence electrons. The first-order valence-electron chi connectivity index (χ1n) is 8.91. The first kappa shape index (κ1) is 27.7. The van der Waals surface area contributed by atoms with Gasteiger partial charge < -0.3 is 16.2 Å². The Morgan fingerprint density at radius 1 is 0.733 bits per heavy atom. The Hall–Kier alpha value is -2.34. The van der Waals surface area contributed by atoms with Crippen LogP contribution in [0.1, 0.15) is 24.8 Å². The SMILES string of the molecule is CS(=O)(=O)O.CS(=O)(=O)O.Nc1ccc(CCCCCOc2ccc(N)cc2)cc1. The van der Waals surface area contributed by atoms with Crippen LogP contribution in [0.25, 0.3) is 0 Å². The minimum Gasteiger partial charge on any atom is -0.494 e. The summed E-state index contributed by atoms with van der Waals surface area (Å²) < 4.78 is 57.4. The Labute approximate surface area is 178 Å². The highest BCUT2D eigenvalue weighted by atomic mass is 32.2. The van der Waals surface area contributed by atoms with E-state index in [-0.39, 0.29) is 0 Å². The fourth-order valence-corrected chi connectivity index (χ4v) is 2.05. The smallest absolute Gasteiger partial charge is 0.261 e. The summed E-state index contributed by atoms with van der Waals surface area (Å²) in [6.07, 6.45) is 5.94. The Morgan fingerprint density at radius 2 is 1.13 bits per heavy atom. The van der Waals surface area contributed by atoms with Crippen LogP contribution in [0.5, 0.6) is 5.75 Å². The molecule has 9 nitrogen and oxygen atoms in total. The third-order valence-electron chi connectivity index (χ3n) is 3.24. The van der Waals surface area contributed by atoms with Crippen molar-refractivity contribution in [3.05, 3.63) is 54.1 Å². The maximum atomic E-state index is 9.19. The Balaban J connectivity index is 0.000000702. The van der Waals surface area contributed by atoms with Gasteiger partial charge in [-0.1, -0.05) is 12.1 Å². The van der Waals surface area contributed by atoms with E-state index in [1.54, 1.807) is 0 Å². The molecule has 0 aliphatic carbocycles. The second kappa shape index (κ2) is 13.8. The summed E-state index contributed by atoms with van der Waals surface area (Å²) >= 11 is 0. The van der Waals surface area contributed by atoms with Crippen molar-refractivity contribution in [3.63, 3.8) is 0 Å². The van der Waals surface area contributed by atoms with Crippen LogP contribution in [-0.4, -0.2) is 45.1 Å². The van der Waals surface area contributed by atoms with Gasteiger partial charge in [-0.2, -0.15) is 16.8 Å². The molecule has 0 aromatic heterocycles. The predicted octanol–water partition coefficient (Wildman–Crippen LogP) is 2.65. The van der Waals surface area contributed by atoms with Gasteiger partial charge in [0.25, 0.3) is 20.2 Å². The second-order valence-electron chi connectivity index (χ2n) is 6.44. The number of benzene rings is 2. The zero-order valence-corrected chi connectivity index (χ0v) is 18.7. The summed E-state index contributed by atoms with van der Waals surface area (Å²) in [4.78, 5) is 0. The fourth-order valence-electron chi connectivity index (χ4n) is 2.05. The summed E-state index contributed by atoms with van der Waals surface area (Å²) in [5, 5.41) is 0. The quantitative estimate of drug-likeness (QED) is 0.274. The largest absolute Gasteiger partial charge is 0.494 e. The lowest BCUT2D eigenvalue weighted by Gasteiger charge is -2.06. The zero-order valence-electron chi connectivity index (χ0n) is 17.1. The normalized spacial score (nSPS) is 10.8. The van der Waals surface area contributed by atoms with Gasteiger partial charge in [0.15, 0.2) is 0 Å². The molecule has 0 heterocycles. The van der Waals surface area contributed by atoms with Crippen molar-refractivity contribution < 1.29 is 30.7 Å². The number of nitrogen functional groups attached to an aromatic ring is 2. The number of anilines is 2. The summed E-state index contributed by atoms with van der Waals surface area (Å²) in [5.41, 5.74) is 14.2. The minimum atomic E-state index is -3.67. The van der Waals surface area contributed by atoms with Gasteiger partial charge in [-0.05, 0) is 67.6 Å².